The summed E-state index contributed by atoms with van der Waals surface area (Å²) in [5.74, 6) is -0.422. The van der Waals surface area contributed by atoms with Crippen molar-refractivity contribution in [2.75, 3.05) is 0 Å². The zero-order valence-corrected chi connectivity index (χ0v) is 25.7. The second-order valence-corrected chi connectivity index (χ2v) is 13.8. The molecule has 7 aromatic rings. The van der Waals surface area contributed by atoms with Crippen LogP contribution in [-0.4, -0.2) is 15.0 Å². The second-order valence-electron chi connectivity index (χ2n) is 13.8. The molecule has 0 aliphatic heterocycles. The molecule has 0 atom stereocenters. The number of primary amides is 1. The Morgan fingerprint density at radius 2 is 0.953 bits per heavy atom. The summed E-state index contributed by atoms with van der Waals surface area (Å²) < 4.78 is 4.67. The summed E-state index contributed by atoms with van der Waals surface area (Å²) >= 11 is 0. The third kappa shape index (κ3) is 4.32. The minimum Gasteiger partial charge on any atom is -0.366 e. The number of carbonyl (C=O) groups is 1. The van der Waals surface area contributed by atoms with Crippen molar-refractivity contribution in [2.45, 2.75) is 52.4 Å². The molecule has 2 heterocycles. The van der Waals surface area contributed by atoms with E-state index in [1.165, 1.54) is 43.7 Å². The molecule has 0 saturated carbocycles. The Bertz CT molecular complexity index is 2140. The van der Waals surface area contributed by atoms with E-state index in [0.29, 0.717) is 5.56 Å². The maximum atomic E-state index is 11.7. The summed E-state index contributed by atoms with van der Waals surface area (Å²) in [6, 6.07) is 36.7. The number of nitrogens with two attached hydrogens (primary N) is 1. The molecular weight excluding hydrogens is 526 g/mol. The van der Waals surface area contributed by atoms with Gasteiger partial charge >= 0.3 is 0 Å². The topological polar surface area (TPSA) is 52.9 Å². The van der Waals surface area contributed by atoms with Crippen molar-refractivity contribution in [3.05, 3.63) is 120 Å². The number of carbonyl (C=O) groups excluding carboxylic acids is 1. The van der Waals surface area contributed by atoms with Crippen molar-refractivity contribution in [1.82, 2.24) is 9.13 Å². The van der Waals surface area contributed by atoms with Crippen molar-refractivity contribution < 1.29 is 4.79 Å². The number of hydrogen-bond acceptors (Lipinski definition) is 1. The number of fused-ring (bicyclic) bond motifs is 6. The zero-order chi connectivity index (χ0) is 30.3. The average molecular weight is 564 g/mol. The van der Waals surface area contributed by atoms with Crippen LogP contribution < -0.4 is 5.73 Å². The Labute approximate surface area is 252 Å². The summed E-state index contributed by atoms with van der Waals surface area (Å²) in [5, 5.41) is 4.93. The highest BCUT2D eigenvalue weighted by Gasteiger charge is 2.21. The SMILES string of the molecule is CC(C)(C)c1ccc2c(c1)c1cc(C(C)(C)C)ccc1n2-c1ccc2c(c1)c1ccccc1n2-c1ccc(C(N)=O)cc1. The summed E-state index contributed by atoms with van der Waals surface area (Å²) in [6.07, 6.45) is 0. The molecule has 0 fully saturated rings. The minimum atomic E-state index is -0.422. The summed E-state index contributed by atoms with van der Waals surface area (Å²) in [5.41, 5.74) is 15.6. The zero-order valence-electron chi connectivity index (χ0n) is 25.7. The van der Waals surface area contributed by atoms with Gasteiger partial charge in [-0.05, 0) is 94.8 Å². The second kappa shape index (κ2) is 9.34. The first-order valence-electron chi connectivity index (χ1n) is 14.9. The van der Waals surface area contributed by atoms with Crippen LogP contribution in [0.2, 0.25) is 0 Å². The Morgan fingerprint density at radius 1 is 0.512 bits per heavy atom. The Kier molecular flexibility index (Phi) is 5.87. The highest BCUT2D eigenvalue weighted by molar-refractivity contribution is 6.12. The number of rotatable bonds is 3. The molecule has 0 aliphatic carbocycles. The van der Waals surface area contributed by atoms with E-state index in [9.17, 15) is 4.79 Å². The van der Waals surface area contributed by atoms with Gasteiger partial charge in [0.1, 0.15) is 0 Å². The van der Waals surface area contributed by atoms with Gasteiger partial charge in [-0.2, -0.15) is 0 Å². The standard InChI is InChI=1S/C39H37N3O/c1-38(2,3)25-13-18-34-30(21-25)31-22-26(39(4,5)6)14-19-35(31)42(34)28-17-20-36-32(23-28)29-9-7-8-10-33(29)41(36)27-15-11-24(12-16-27)37(40)43/h7-23H,1-6H3,(H2,40,43). The van der Waals surface area contributed by atoms with E-state index in [1.54, 1.807) is 12.1 Å². The number of amides is 1. The number of nitrogens with zero attached hydrogens (tertiary/aromatic N) is 2. The lowest BCUT2D eigenvalue weighted by molar-refractivity contribution is 0.100. The van der Waals surface area contributed by atoms with Crippen molar-refractivity contribution >= 4 is 49.5 Å². The van der Waals surface area contributed by atoms with Crippen LogP contribution in [0.5, 0.6) is 0 Å². The summed E-state index contributed by atoms with van der Waals surface area (Å²) in [4.78, 5) is 11.7. The van der Waals surface area contributed by atoms with Gasteiger partial charge in [0.2, 0.25) is 5.91 Å². The van der Waals surface area contributed by atoms with E-state index < -0.39 is 5.91 Å². The first-order valence-corrected chi connectivity index (χ1v) is 14.9. The van der Waals surface area contributed by atoms with Crippen LogP contribution in [0.3, 0.4) is 0 Å². The van der Waals surface area contributed by atoms with Gasteiger partial charge in [0, 0.05) is 38.5 Å². The molecule has 0 aliphatic rings. The van der Waals surface area contributed by atoms with Gasteiger partial charge in [-0.3, -0.25) is 4.79 Å². The fraction of sp³-hybridized carbons (Fsp3) is 0.205. The fourth-order valence-electron chi connectivity index (χ4n) is 6.39. The van der Waals surface area contributed by atoms with Crippen LogP contribution in [0.25, 0.3) is 55.0 Å². The van der Waals surface area contributed by atoms with Gasteiger partial charge in [0.25, 0.3) is 0 Å². The number of benzene rings is 5. The van der Waals surface area contributed by atoms with Crippen molar-refractivity contribution in [3.63, 3.8) is 0 Å². The molecule has 0 radical (unpaired) electrons. The van der Waals surface area contributed by atoms with E-state index in [0.717, 1.165) is 22.4 Å². The molecule has 0 bridgehead atoms. The number of aromatic nitrogens is 2. The van der Waals surface area contributed by atoms with Crippen LogP contribution in [0.1, 0.15) is 63.0 Å². The van der Waals surface area contributed by atoms with Crippen LogP contribution in [0.4, 0.5) is 0 Å². The van der Waals surface area contributed by atoms with E-state index in [1.807, 2.05) is 12.1 Å². The highest BCUT2D eigenvalue weighted by Crippen LogP contribution is 2.39. The molecule has 0 spiro atoms. The third-order valence-electron chi connectivity index (χ3n) is 8.82. The molecule has 0 unspecified atom stereocenters. The highest BCUT2D eigenvalue weighted by atomic mass is 16.1. The Hall–Kier alpha value is -4.83. The van der Waals surface area contributed by atoms with Gasteiger partial charge in [0.05, 0.1) is 22.1 Å². The molecule has 2 N–H and O–H groups in total. The molecule has 7 rings (SSSR count). The molecule has 214 valence electrons. The van der Waals surface area contributed by atoms with E-state index in [4.69, 9.17) is 5.73 Å². The lowest BCUT2D eigenvalue weighted by Gasteiger charge is -2.19. The van der Waals surface area contributed by atoms with E-state index >= 15 is 0 Å². The molecule has 4 nitrogen and oxygen atoms in total. The van der Waals surface area contributed by atoms with Crippen molar-refractivity contribution in [2.24, 2.45) is 5.73 Å². The summed E-state index contributed by atoms with van der Waals surface area (Å²) in [6.45, 7) is 13.7. The molecule has 5 aromatic carbocycles. The molecule has 1 amide bonds. The lowest BCUT2D eigenvalue weighted by Crippen LogP contribution is -2.10. The largest absolute Gasteiger partial charge is 0.366 e. The first-order chi connectivity index (χ1) is 20.4. The average Bonchev–Trinajstić information content (AvgIpc) is 3.48. The van der Waals surface area contributed by atoms with Gasteiger partial charge in [-0.1, -0.05) is 71.9 Å². The third-order valence-corrected chi connectivity index (χ3v) is 8.82. The van der Waals surface area contributed by atoms with Crippen LogP contribution in [-0.2, 0) is 10.8 Å². The van der Waals surface area contributed by atoms with Crippen LogP contribution in [0, 0.1) is 0 Å². The molecule has 4 heteroatoms. The molecule has 2 aromatic heterocycles. The maximum Gasteiger partial charge on any atom is 0.248 e. The molecular formula is C39H37N3O. The quantitative estimate of drug-likeness (QED) is 0.229. The van der Waals surface area contributed by atoms with Crippen LogP contribution >= 0.6 is 0 Å². The molecule has 0 saturated heterocycles. The fourth-order valence-corrected chi connectivity index (χ4v) is 6.39. The van der Waals surface area contributed by atoms with E-state index in [-0.39, 0.29) is 10.8 Å². The number of hydrogen-bond donors (Lipinski definition) is 1. The van der Waals surface area contributed by atoms with Crippen molar-refractivity contribution in [3.8, 4) is 11.4 Å². The minimum absolute atomic E-state index is 0.0562. The van der Waals surface area contributed by atoms with E-state index in [2.05, 4.69) is 130 Å². The monoisotopic (exact) mass is 563 g/mol. The lowest BCUT2D eigenvalue weighted by atomic mass is 9.85. The van der Waals surface area contributed by atoms with Gasteiger partial charge < -0.3 is 14.9 Å². The normalized spacial score (nSPS) is 12.6. The maximum absolute atomic E-state index is 11.7. The van der Waals surface area contributed by atoms with Gasteiger partial charge in [-0.25, -0.2) is 0 Å². The number of para-hydroxylation sites is 1. The first kappa shape index (κ1) is 27.0. The van der Waals surface area contributed by atoms with Gasteiger partial charge in [0.15, 0.2) is 0 Å². The molecule has 43 heavy (non-hydrogen) atoms. The summed E-state index contributed by atoms with van der Waals surface area (Å²) in [7, 11) is 0. The predicted molar refractivity (Wildman–Crippen MR) is 181 cm³/mol. The predicted octanol–water partition coefficient (Wildman–Crippen LogP) is 9.57. The van der Waals surface area contributed by atoms with Crippen LogP contribution in [0.15, 0.2) is 103 Å². The Balaban J connectivity index is 1.51. The van der Waals surface area contributed by atoms with Gasteiger partial charge in [-0.15, -0.1) is 0 Å². The Morgan fingerprint density at radius 3 is 1.49 bits per heavy atom. The smallest absolute Gasteiger partial charge is 0.248 e. The van der Waals surface area contributed by atoms with Crippen molar-refractivity contribution in [1.29, 1.82) is 0 Å².